The summed E-state index contributed by atoms with van der Waals surface area (Å²) in [7, 11) is 0. The minimum absolute atomic E-state index is 0.145. The summed E-state index contributed by atoms with van der Waals surface area (Å²) in [5.74, 6) is -5.24. The van der Waals surface area contributed by atoms with Gasteiger partial charge in [-0.25, -0.2) is 22.9 Å². The number of aliphatic carboxylic acids is 1. The predicted molar refractivity (Wildman–Crippen MR) is 121 cm³/mol. The number of halogens is 4. The number of hydrogen-bond acceptors (Lipinski definition) is 3. The van der Waals surface area contributed by atoms with E-state index >= 15 is 0 Å². The topological polar surface area (TPSA) is 79.3 Å². The van der Waals surface area contributed by atoms with Crippen molar-refractivity contribution in [3.63, 3.8) is 0 Å². The first kappa shape index (κ1) is 23.3. The van der Waals surface area contributed by atoms with E-state index in [4.69, 9.17) is 11.6 Å². The molecule has 3 aromatic carbocycles. The Morgan fingerprint density at radius 1 is 0.941 bits per heavy atom. The highest BCUT2D eigenvalue weighted by atomic mass is 35.5. The maximum Gasteiger partial charge on any atom is 0.326 e. The number of amides is 1. The average molecular weight is 485 g/mol. The summed E-state index contributed by atoms with van der Waals surface area (Å²) in [6.45, 7) is 0. The molecule has 0 saturated heterocycles. The lowest BCUT2D eigenvalue weighted by molar-refractivity contribution is -0.139. The van der Waals surface area contributed by atoms with Gasteiger partial charge in [-0.15, -0.1) is 0 Å². The van der Waals surface area contributed by atoms with Crippen LogP contribution in [0, 0.1) is 17.5 Å². The molecule has 5 nitrogen and oxygen atoms in total. The van der Waals surface area contributed by atoms with Crippen LogP contribution < -0.4 is 5.32 Å². The van der Waals surface area contributed by atoms with Gasteiger partial charge in [-0.05, 0) is 48.0 Å². The third-order valence-corrected chi connectivity index (χ3v) is 5.52. The van der Waals surface area contributed by atoms with Crippen LogP contribution in [0.15, 0.2) is 66.7 Å². The third-order valence-electron chi connectivity index (χ3n) is 5.21. The van der Waals surface area contributed by atoms with Gasteiger partial charge in [0.2, 0.25) is 0 Å². The molecular weight excluding hydrogens is 469 g/mol. The molecule has 1 heterocycles. The Labute approximate surface area is 196 Å². The first-order chi connectivity index (χ1) is 16.2. The van der Waals surface area contributed by atoms with Crippen LogP contribution in [0.4, 0.5) is 13.2 Å². The molecule has 0 aliphatic rings. The molecule has 0 bridgehead atoms. The lowest BCUT2D eigenvalue weighted by Crippen LogP contribution is -2.42. The first-order valence-electron chi connectivity index (χ1n) is 10.1. The molecule has 172 valence electrons. The fourth-order valence-corrected chi connectivity index (χ4v) is 3.82. The number of hydrogen-bond donors (Lipinski definition) is 2. The monoisotopic (exact) mass is 484 g/mol. The van der Waals surface area contributed by atoms with Gasteiger partial charge in [0, 0.05) is 11.8 Å². The molecule has 4 rings (SSSR count). The van der Waals surface area contributed by atoms with Crippen LogP contribution in [0.3, 0.4) is 0 Å². The van der Waals surface area contributed by atoms with Crippen molar-refractivity contribution in [2.75, 3.05) is 0 Å². The molecule has 2 N–H and O–H groups in total. The van der Waals surface area contributed by atoms with E-state index in [9.17, 15) is 27.9 Å². The van der Waals surface area contributed by atoms with Gasteiger partial charge in [0.1, 0.15) is 29.1 Å². The second-order valence-corrected chi connectivity index (χ2v) is 7.89. The Bertz CT molecular complexity index is 1390. The zero-order valence-corrected chi connectivity index (χ0v) is 18.1. The number of carboxylic acid groups (broad SMARTS) is 1. The molecule has 0 aliphatic carbocycles. The number of carbonyl (C=O) groups excluding carboxylic acids is 1. The lowest BCUT2D eigenvalue weighted by Gasteiger charge is -2.16. The van der Waals surface area contributed by atoms with E-state index in [2.05, 4.69) is 10.3 Å². The van der Waals surface area contributed by atoms with E-state index in [-0.39, 0.29) is 17.0 Å². The van der Waals surface area contributed by atoms with E-state index in [1.807, 2.05) is 0 Å². The normalized spacial score (nSPS) is 11.9. The fraction of sp³-hybridized carbons (Fsp3) is 0.0800. The van der Waals surface area contributed by atoms with Gasteiger partial charge in [0.25, 0.3) is 5.91 Å². The zero-order valence-electron chi connectivity index (χ0n) is 17.4. The maximum absolute atomic E-state index is 14.2. The summed E-state index contributed by atoms with van der Waals surface area (Å²) >= 11 is 6.12. The van der Waals surface area contributed by atoms with Crippen LogP contribution in [0.2, 0.25) is 5.02 Å². The second-order valence-electron chi connectivity index (χ2n) is 7.49. The highest BCUT2D eigenvalue weighted by Crippen LogP contribution is 2.30. The van der Waals surface area contributed by atoms with Crippen molar-refractivity contribution < 1.29 is 27.9 Å². The van der Waals surface area contributed by atoms with E-state index in [1.165, 1.54) is 12.1 Å². The number of carbonyl (C=O) groups is 2. The zero-order chi connectivity index (χ0) is 24.4. The van der Waals surface area contributed by atoms with Gasteiger partial charge in [0.05, 0.1) is 21.8 Å². The first-order valence-corrected chi connectivity index (χ1v) is 10.4. The van der Waals surface area contributed by atoms with Gasteiger partial charge in [-0.1, -0.05) is 35.9 Å². The molecule has 34 heavy (non-hydrogen) atoms. The van der Waals surface area contributed by atoms with E-state index in [0.29, 0.717) is 22.2 Å². The van der Waals surface area contributed by atoms with Crippen molar-refractivity contribution in [3.8, 4) is 11.3 Å². The summed E-state index contributed by atoms with van der Waals surface area (Å²) in [5.41, 5.74) is 0.712. The van der Waals surface area contributed by atoms with Gasteiger partial charge >= 0.3 is 5.97 Å². The number of rotatable bonds is 6. The largest absolute Gasteiger partial charge is 0.480 e. The van der Waals surface area contributed by atoms with E-state index < -0.39 is 40.9 Å². The van der Waals surface area contributed by atoms with Crippen LogP contribution in [-0.2, 0) is 11.2 Å². The smallest absolute Gasteiger partial charge is 0.326 e. The SMILES string of the molecule is O=C(NC(Cc1ccc2nc(-c3c(F)cccc3Cl)ccc2c1)C(=O)O)c1c(F)cccc1F. The molecule has 4 aromatic rings. The highest BCUT2D eigenvalue weighted by molar-refractivity contribution is 6.33. The molecule has 1 unspecified atom stereocenters. The van der Waals surface area contributed by atoms with Crippen molar-refractivity contribution in [1.82, 2.24) is 10.3 Å². The van der Waals surface area contributed by atoms with Crippen LogP contribution in [0.25, 0.3) is 22.2 Å². The minimum atomic E-state index is -1.44. The van der Waals surface area contributed by atoms with Crippen LogP contribution in [-0.4, -0.2) is 28.0 Å². The summed E-state index contributed by atoms with van der Waals surface area (Å²) in [4.78, 5) is 28.5. The summed E-state index contributed by atoms with van der Waals surface area (Å²) in [5, 5.41) is 12.6. The molecule has 0 spiro atoms. The molecule has 1 amide bonds. The number of fused-ring (bicyclic) bond motifs is 1. The number of nitrogens with zero attached hydrogens (tertiary/aromatic N) is 1. The third kappa shape index (κ3) is 4.72. The molecule has 0 fully saturated rings. The predicted octanol–water partition coefficient (Wildman–Crippen LogP) is 5.40. The summed E-state index contributed by atoms with van der Waals surface area (Å²) in [6.07, 6.45) is -0.145. The van der Waals surface area contributed by atoms with Crippen molar-refractivity contribution in [1.29, 1.82) is 0 Å². The molecule has 1 aromatic heterocycles. The Hall–Kier alpha value is -3.91. The van der Waals surface area contributed by atoms with Crippen molar-refractivity contribution in [3.05, 3.63) is 100 Å². The highest BCUT2D eigenvalue weighted by Gasteiger charge is 2.25. The van der Waals surface area contributed by atoms with Gasteiger partial charge in [-0.3, -0.25) is 4.79 Å². The number of pyridine rings is 1. The summed E-state index contributed by atoms with van der Waals surface area (Å²) < 4.78 is 42.0. The second kappa shape index (κ2) is 9.52. The number of nitrogens with one attached hydrogen (secondary N) is 1. The number of aromatic nitrogens is 1. The van der Waals surface area contributed by atoms with Gasteiger partial charge < -0.3 is 10.4 Å². The van der Waals surface area contributed by atoms with E-state index in [0.717, 1.165) is 18.2 Å². The Balaban J connectivity index is 1.59. The van der Waals surface area contributed by atoms with Crippen molar-refractivity contribution in [2.24, 2.45) is 0 Å². The Morgan fingerprint density at radius 3 is 2.29 bits per heavy atom. The van der Waals surface area contributed by atoms with Crippen LogP contribution in [0.1, 0.15) is 15.9 Å². The van der Waals surface area contributed by atoms with Crippen molar-refractivity contribution >= 4 is 34.4 Å². The molecule has 9 heteroatoms. The standard InChI is InChI=1S/C25H16ClF3N2O3/c26-15-3-1-4-16(27)22(15)20-10-8-14-11-13(7-9-19(14)30-20)12-21(25(33)34)31-24(32)23-17(28)5-2-6-18(23)29/h1-11,21H,12H2,(H,31,32)(H,33,34). The Morgan fingerprint density at radius 2 is 1.62 bits per heavy atom. The molecular formula is C25H16ClF3N2O3. The van der Waals surface area contributed by atoms with Gasteiger partial charge in [0.15, 0.2) is 0 Å². The molecule has 0 aliphatic heterocycles. The van der Waals surface area contributed by atoms with Crippen LogP contribution >= 0.6 is 11.6 Å². The number of carboxylic acids is 1. The van der Waals surface area contributed by atoms with Crippen LogP contribution in [0.5, 0.6) is 0 Å². The molecule has 0 saturated carbocycles. The number of benzene rings is 3. The minimum Gasteiger partial charge on any atom is -0.480 e. The van der Waals surface area contributed by atoms with Gasteiger partial charge in [-0.2, -0.15) is 0 Å². The molecule has 0 radical (unpaired) electrons. The average Bonchev–Trinajstić information content (AvgIpc) is 2.78. The fourth-order valence-electron chi connectivity index (χ4n) is 3.56. The molecule has 1 atom stereocenters. The quantitative estimate of drug-likeness (QED) is 0.384. The Kier molecular flexibility index (Phi) is 6.51. The van der Waals surface area contributed by atoms with E-state index in [1.54, 1.807) is 36.4 Å². The summed E-state index contributed by atoms with van der Waals surface area (Å²) in [6, 6.07) is 14.0. The van der Waals surface area contributed by atoms with Crippen molar-refractivity contribution in [2.45, 2.75) is 12.5 Å². The maximum atomic E-state index is 14.2. The lowest BCUT2D eigenvalue weighted by atomic mass is 10.0.